The van der Waals surface area contributed by atoms with Crippen LogP contribution in [0.3, 0.4) is 0 Å². The van der Waals surface area contributed by atoms with Gasteiger partial charge < -0.3 is 14.2 Å². The Kier molecular flexibility index (Phi) is 4.57. The Morgan fingerprint density at radius 1 is 1.12 bits per heavy atom. The smallest absolute Gasteiger partial charge is 0.330 e. The quantitative estimate of drug-likeness (QED) is 0.594. The molecular weight excluding hydrogens is 220 g/mol. The minimum Gasteiger partial charge on any atom is -0.493 e. The highest BCUT2D eigenvalue weighted by atomic mass is 16.5. The zero-order valence-corrected chi connectivity index (χ0v) is 10.4. The fraction of sp³-hybridized carbons (Fsp3) is 0.308. The maximum Gasteiger partial charge on any atom is 0.330 e. The Labute approximate surface area is 101 Å². The molecule has 0 bridgehead atoms. The van der Waals surface area contributed by atoms with Gasteiger partial charge in [-0.3, -0.25) is 0 Å². The fourth-order valence-electron chi connectivity index (χ4n) is 1.40. The van der Waals surface area contributed by atoms with Crippen LogP contribution in [0, 0.1) is 0 Å². The third kappa shape index (κ3) is 3.24. The SMILES string of the molecule is COC(=O)/C=C(/C)c1ccc(OC)c(OC)c1. The molecule has 0 amide bonds. The van der Waals surface area contributed by atoms with Gasteiger partial charge in [-0.1, -0.05) is 6.07 Å². The molecule has 0 aromatic heterocycles. The Hall–Kier alpha value is -1.97. The molecule has 0 saturated carbocycles. The van der Waals surface area contributed by atoms with Crippen LogP contribution in [0.2, 0.25) is 0 Å². The highest BCUT2D eigenvalue weighted by molar-refractivity contribution is 5.91. The molecule has 1 aromatic rings. The van der Waals surface area contributed by atoms with Crippen molar-refractivity contribution in [3.8, 4) is 11.5 Å². The van der Waals surface area contributed by atoms with E-state index in [1.54, 1.807) is 20.3 Å². The predicted molar refractivity (Wildman–Crippen MR) is 65.2 cm³/mol. The first kappa shape index (κ1) is 13.1. The lowest BCUT2D eigenvalue weighted by atomic mass is 10.1. The van der Waals surface area contributed by atoms with Crippen LogP contribution in [0.15, 0.2) is 24.3 Å². The van der Waals surface area contributed by atoms with Crippen molar-refractivity contribution in [1.82, 2.24) is 0 Å². The first-order valence-electron chi connectivity index (χ1n) is 5.11. The van der Waals surface area contributed by atoms with E-state index in [-0.39, 0.29) is 5.97 Å². The second-order valence-corrected chi connectivity index (χ2v) is 3.42. The minimum atomic E-state index is -0.378. The number of esters is 1. The molecule has 92 valence electrons. The summed E-state index contributed by atoms with van der Waals surface area (Å²) in [6, 6.07) is 5.46. The van der Waals surface area contributed by atoms with Gasteiger partial charge in [-0.15, -0.1) is 0 Å². The van der Waals surface area contributed by atoms with E-state index in [9.17, 15) is 4.79 Å². The lowest BCUT2D eigenvalue weighted by Gasteiger charge is -2.09. The van der Waals surface area contributed by atoms with Gasteiger partial charge in [0.05, 0.1) is 21.3 Å². The van der Waals surface area contributed by atoms with E-state index in [0.717, 1.165) is 11.1 Å². The van der Waals surface area contributed by atoms with Crippen molar-refractivity contribution in [2.45, 2.75) is 6.92 Å². The first-order chi connectivity index (χ1) is 8.12. The van der Waals surface area contributed by atoms with Gasteiger partial charge in [0.2, 0.25) is 0 Å². The van der Waals surface area contributed by atoms with E-state index in [4.69, 9.17) is 9.47 Å². The number of rotatable bonds is 4. The zero-order valence-electron chi connectivity index (χ0n) is 10.4. The van der Waals surface area contributed by atoms with Crippen molar-refractivity contribution in [3.05, 3.63) is 29.8 Å². The number of carbonyl (C=O) groups excluding carboxylic acids is 1. The van der Waals surface area contributed by atoms with Crippen molar-refractivity contribution in [1.29, 1.82) is 0 Å². The van der Waals surface area contributed by atoms with E-state index in [0.29, 0.717) is 11.5 Å². The van der Waals surface area contributed by atoms with Crippen LogP contribution in [-0.2, 0) is 9.53 Å². The number of ether oxygens (including phenoxy) is 3. The zero-order chi connectivity index (χ0) is 12.8. The maximum atomic E-state index is 11.1. The fourth-order valence-corrected chi connectivity index (χ4v) is 1.40. The standard InChI is InChI=1S/C13H16O4/c1-9(7-13(14)17-4)10-5-6-11(15-2)12(8-10)16-3/h5-8H,1-4H3/b9-7-. The number of hydrogen-bond donors (Lipinski definition) is 0. The maximum absolute atomic E-state index is 11.1. The molecule has 4 heteroatoms. The van der Waals surface area contributed by atoms with Crippen LogP contribution in [0.4, 0.5) is 0 Å². The number of allylic oxidation sites excluding steroid dienone is 1. The second kappa shape index (κ2) is 5.94. The number of carbonyl (C=O) groups is 1. The van der Waals surface area contributed by atoms with E-state index in [1.165, 1.54) is 13.2 Å². The predicted octanol–water partition coefficient (Wildman–Crippen LogP) is 2.28. The van der Waals surface area contributed by atoms with Crippen molar-refractivity contribution in [3.63, 3.8) is 0 Å². The lowest BCUT2D eigenvalue weighted by Crippen LogP contribution is -1.96. The minimum absolute atomic E-state index is 0.378. The number of benzene rings is 1. The van der Waals surface area contributed by atoms with Crippen molar-refractivity contribution in [2.75, 3.05) is 21.3 Å². The molecule has 0 N–H and O–H groups in total. The third-order valence-electron chi connectivity index (χ3n) is 2.37. The summed E-state index contributed by atoms with van der Waals surface area (Å²) in [7, 11) is 4.50. The summed E-state index contributed by atoms with van der Waals surface area (Å²) in [5.74, 6) is 0.905. The molecule has 0 fully saturated rings. The summed E-state index contributed by atoms with van der Waals surface area (Å²) < 4.78 is 14.9. The van der Waals surface area contributed by atoms with E-state index < -0.39 is 0 Å². The molecule has 0 radical (unpaired) electrons. The molecule has 4 nitrogen and oxygen atoms in total. The highest BCUT2D eigenvalue weighted by Crippen LogP contribution is 2.30. The van der Waals surface area contributed by atoms with Crippen LogP contribution < -0.4 is 9.47 Å². The van der Waals surface area contributed by atoms with Crippen LogP contribution >= 0.6 is 0 Å². The molecule has 1 aromatic carbocycles. The van der Waals surface area contributed by atoms with Crippen LogP contribution in [0.25, 0.3) is 5.57 Å². The normalized spacial score (nSPS) is 10.9. The molecule has 17 heavy (non-hydrogen) atoms. The van der Waals surface area contributed by atoms with Crippen molar-refractivity contribution >= 4 is 11.5 Å². The molecule has 0 spiro atoms. The van der Waals surface area contributed by atoms with Crippen LogP contribution in [0.1, 0.15) is 12.5 Å². The molecule has 0 aliphatic rings. The summed E-state index contributed by atoms with van der Waals surface area (Å²) in [5, 5.41) is 0. The van der Waals surface area contributed by atoms with Gasteiger partial charge in [0.1, 0.15) is 0 Å². The van der Waals surface area contributed by atoms with E-state index >= 15 is 0 Å². The molecule has 0 saturated heterocycles. The van der Waals surface area contributed by atoms with Gasteiger partial charge in [-0.05, 0) is 30.2 Å². The monoisotopic (exact) mass is 236 g/mol. The van der Waals surface area contributed by atoms with Gasteiger partial charge in [-0.25, -0.2) is 4.79 Å². The lowest BCUT2D eigenvalue weighted by molar-refractivity contribution is -0.134. The van der Waals surface area contributed by atoms with E-state index in [2.05, 4.69) is 4.74 Å². The van der Waals surface area contributed by atoms with Gasteiger partial charge in [0.15, 0.2) is 11.5 Å². The second-order valence-electron chi connectivity index (χ2n) is 3.42. The molecule has 0 unspecified atom stereocenters. The van der Waals surface area contributed by atoms with Crippen molar-refractivity contribution in [2.24, 2.45) is 0 Å². The van der Waals surface area contributed by atoms with Crippen molar-refractivity contribution < 1.29 is 19.0 Å². The topological polar surface area (TPSA) is 44.8 Å². The summed E-state index contributed by atoms with van der Waals surface area (Å²) in [6.45, 7) is 1.83. The molecular formula is C13H16O4. The Balaban J connectivity index is 3.07. The average molecular weight is 236 g/mol. The van der Waals surface area contributed by atoms with Crippen LogP contribution in [-0.4, -0.2) is 27.3 Å². The summed E-state index contributed by atoms with van der Waals surface area (Å²) in [5.41, 5.74) is 1.69. The number of methoxy groups -OCH3 is 3. The van der Waals surface area contributed by atoms with Crippen LogP contribution in [0.5, 0.6) is 11.5 Å². The highest BCUT2D eigenvalue weighted by Gasteiger charge is 2.06. The molecule has 0 heterocycles. The molecule has 0 aliphatic heterocycles. The summed E-state index contributed by atoms with van der Waals surface area (Å²) in [4.78, 5) is 11.1. The average Bonchev–Trinajstić information content (AvgIpc) is 2.37. The van der Waals surface area contributed by atoms with Gasteiger partial charge in [0, 0.05) is 6.08 Å². The van der Waals surface area contributed by atoms with Gasteiger partial charge in [0.25, 0.3) is 0 Å². The Morgan fingerprint density at radius 2 is 1.76 bits per heavy atom. The van der Waals surface area contributed by atoms with E-state index in [1.807, 2.05) is 19.1 Å². The third-order valence-corrected chi connectivity index (χ3v) is 2.37. The Bertz CT molecular complexity index is 435. The largest absolute Gasteiger partial charge is 0.493 e. The number of hydrogen-bond acceptors (Lipinski definition) is 4. The molecule has 1 rings (SSSR count). The van der Waals surface area contributed by atoms with Gasteiger partial charge >= 0.3 is 5.97 Å². The summed E-state index contributed by atoms with van der Waals surface area (Å²) >= 11 is 0. The molecule has 0 atom stereocenters. The first-order valence-corrected chi connectivity index (χ1v) is 5.11. The Morgan fingerprint density at radius 3 is 2.29 bits per heavy atom. The van der Waals surface area contributed by atoms with Gasteiger partial charge in [-0.2, -0.15) is 0 Å². The molecule has 0 aliphatic carbocycles. The summed E-state index contributed by atoms with van der Waals surface area (Å²) in [6.07, 6.45) is 1.43.